The predicted octanol–water partition coefficient (Wildman–Crippen LogP) is 1.07. The third-order valence-electron chi connectivity index (χ3n) is 3.20. The Morgan fingerprint density at radius 3 is 2.88 bits per heavy atom. The summed E-state index contributed by atoms with van der Waals surface area (Å²) in [5.74, 6) is -0.532. The number of rotatable bonds is 1. The van der Waals surface area contributed by atoms with Crippen LogP contribution in [0.3, 0.4) is 0 Å². The molecule has 0 aromatic rings. The van der Waals surface area contributed by atoms with Crippen molar-refractivity contribution in [1.82, 2.24) is 0 Å². The summed E-state index contributed by atoms with van der Waals surface area (Å²) >= 11 is 0. The summed E-state index contributed by atoms with van der Waals surface area (Å²) in [7, 11) is 0. The standard InChI is InChI=1S/C11H17NO4/c1-6-4-7-10(14-6)9(12-16-7)8-5-13-11(2,3)15-8/h6-8,10H,4-5H2,1-3H3/t6?,7-,8+,10+/m0/s1. The molecule has 5 nitrogen and oxygen atoms in total. The molecule has 1 unspecified atom stereocenters. The average molecular weight is 227 g/mol. The molecule has 0 amide bonds. The van der Waals surface area contributed by atoms with E-state index in [0.29, 0.717) is 6.61 Å². The van der Waals surface area contributed by atoms with Crippen molar-refractivity contribution in [3.8, 4) is 0 Å². The van der Waals surface area contributed by atoms with Gasteiger partial charge in [0.25, 0.3) is 0 Å². The van der Waals surface area contributed by atoms with Gasteiger partial charge in [0.2, 0.25) is 0 Å². The van der Waals surface area contributed by atoms with Crippen molar-refractivity contribution in [3.05, 3.63) is 0 Å². The molecule has 0 bridgehead atoms. The van der Waals surface area contributed by atoms with E-state index in [1.165, 1.54) is 0 Å². The number of nitrogens with zero attached hydrogens (tertiary/aromatic N) is 1. The quantitative estimate of drug-likeness (QED) is 0.672. The Hall–Kier alpha value is -0.650. The maximum absolute atomic E-state index is 5.79. The van der Waals surface area contributed by atoms with Crippen LogP contribution in [0.1, 0.15) is 27.2 Å². The summed E-state index contributed by atoms with van der Waals surface area (Å²) in [6, 6.07) is 0. The van der Waals surface area contributed by atoms with Gasteiger partial charge in [-0.05, 0) is 20.8 Å². The van der Waals surface area contributed by atoms with Gasteiger partial charge < -0.3 is 19.0 Å². The Bertz CT molecular complexity index is 328. The molecule has 0 aromatic heterocycles. The van der Waals surface area contributed by atoms with Gasteiger partial charge >= 0.3 is 0 Å². The predicted molar refractivity (Wildman–Crippen MR) is 56.2 cm³/mol. The molecule has 4 atom stereocenters. The van der Waals surface area contributed by atoms with Gasteiger partial charge in [-0.15, -0.1) is 0 Å². The van der Waals surface area contributed by atoms with Crippen LogP contribution in [0.2, 0.25) is 0 Å². The molecule has 90 valence electrons. The fraction of sp³-hybridized carbons (Fsp3) is 0.909. The maximum Gasteiger partial charge on any atom is 0.163 e. The lowest BCUT2D eigenvalue weighted by Crippen LogP contribution is -2.36. The molecule has 2 saturated heterocycles. The molecule has 16 heavy (non-hydrogen) atoms. The van der Waals surface area contributed by atoms with Crippen LogP contribution in [0.25, 0.3) is 0 Å². The normalized spacial score (nSPS) is 45.3. The summed E-state index contributed by atoms with van der Waals surface area (Å²) in [4.78, 5) is 5.37. The zero-order valence-electron chi connectivity index (χ0n) is 9.80. The molecule has 0 aliphatic carbocycles. The van der Waals surface area contributed by atoms with Gasteiger partial charge in [-0.2, -0.15) is 0 Å². The zero-order chi connectivity index (χ0) is 11.3. The lowest BCUT2D eigenvalue weighted by atomic mass is 10.0. The zero-order valence-corrected chi connectivity index (χ0v) is 9.80. The first-order valence-corrected chi connectivity index (χ1v) is 5.76. The van der Waals surface area contributed by atoms with Crippen molar-refractivity contribution in [2.75, 3.05) is 6.61 Å². The molecular weight excluding hydrogens is 210 g/mol. The molecule has 2 fully saturated rings. The van der Waals surface area contributed by atoms with Crippen molar-refractivity contribution >= 4 is 5.71 Å². The van der Waals surface area contributed by atoms with Gasteiger partial charge in [-0.1, -0.05) is 5.16 Å². The molecule has 0 spiro atoms. The highest BCUT2D eigenvalue weighted by Gasteiger charge is 2.48. The van der Waals surface area contributed by atoms with Gasteiger partial charge in [-0.3, -0.25) is 0 Å². The Morgan fingerprint density at radius 2 is 2.19 bits per heavy atom. The first-order chi connectivity index (χ1) is 7.55. The Labute approximate surface area is 94.7 Å². The monoisotopic (exact) mass is 227 g/mol. The van der Waals surface area contributed by atoms with Crippen LogP contribution in [0.5, 0.6) is 0 Å². The number of hydrogen-bond donors (Lipinski definition) is 0. The lowest BCUT2D eigenvalue weighted by Gasteiger charge is -2.18. The summed E-state index contributed by atoms with van der Waals surface area (Å²) < 4.78 is 17.1. The highest BCUT2D eigenvalue weighted by molar-refractivity contribution is 5.94. The Morgan fingerprint density at radius 1 is 1.38 bits per heavy atom. The summed E-state index contributed by atoms with van der Waals surface area (Å²) in [5.41, 5.74) is 0.847. The highest BCUT2D eigenvalue weighted by Crippen LogP contribution is 2.33. The van der Waals surface area contributed by atoms with Crippen LogP contribution in [-0.4, -0.2) is 42.5 Å². The minimum absolute atomic E-state index is 0.0440. The molecule has 3 heterocycles. The smallest absolute Gasteiger partial charge is 0.163 e. The Balaban J connectivity index is 1.72. The van der Waals surface area contributed by atoms with Crippen LogP contribution < -0.4 is 0 Å². The van der Waals surface area contributed by atoms with E-state index >= 15 is 0 Å². The van der Waals surface area contributed by atoms with Crippen LogP contribution in [0.15, 0.2) is 5.16 Å². The van der Waals surface area contributed by atoms with Crippen LogP contribution in [-0.2, 0) is 19.0 Å². The maximum atomic E-state index is 5.79. The lowest BCUT2D eigenvalue weighted by molar-refractivity contribution is -0.131. The highest BCUT2D eigenvalue weighted by atomic mass is 16.7. The van der Waals surface area contributed by atoms with E-state index in [-0.39, 0.29) is 24.4 Å². The molecule has 0 radical (unpaired) electrons. The topological polar surface area (TPSA) is 49.3 Å². The summed E-state index contributed by atoms with van der Waals surface area (Å²) in [5, 5.41) is 4.09. The van der Waals surface area contributed by atoms with E-state index in [4.69, 9.17) is 19.0 Å². The van der Waals surface area contributed by atoms with Crippen molar-refractivity contribution in [2.24, 2.45) is 5.16 Å². The third kappa shape index (κ3) is 1.63. The van der Waals surface area contributed by atoms with Gasteiger partial charge in [-0.25, -0.2) is 0 Å². The molecule has 3 rings (SSSR count). The van der Waals surface area contributed by atoms with E-state index in [2.05, 4.69) is 12.1 Å². The van der Waals surface area contributed by atoms with Gasteiger partial charge in [0.1, 0.15) is 17.9 Å². The molecule has 3 aliphatic heterocycles. The molecule has 0 aromatic carbocycles. The molecule has 3 aliphatic rings. The van der Waals surface area contributed by atoms with E-state index in [9.17, 15) is 0 Å². The van der Waals surface area contributed by atoms with Crippen LogP contribution in [0.4, 0.5) is 0 Å². The summed E-state index contributed by atoms with van der Waals surface area (Å²) in [6.07, 6.45) is 1.02. The molecule has 0 N–H and O–H groups in total. The Kier molecular flexibility index (Phi) is 2.24. The fourth-order valence-corrected chi connectivity index (χ4v) is 2.46. The minimum Gasteiger partial charge on any atom is -0.389 e. The van der Waals surface area contributed by atoms with Crippen LogP contribution >= 0.6 is 0 Å². The number of ether oxygens (including phenoxy) is 3. The second kappa shape index (κ2) is 3.42. The number of hydrogen-bond acceptors (Lipinski definition) is 5. The number of fused-ring (bicyclic) bond motifs is 1. The van der Waals surface area contributed by atoms with Crippen molar-refractivity contribution in [3.63, 3.8) is 0 Å². The molecule has 5 heteroatoms. The number of oxime groups is 1. The largest absolute Gasteiger partial charge is 0.389 e. The SMILES string of the molecule is CC1C[C@@H]2ON=C([C@H]3COC(C)(C)O3)[C@@H]2O1. The van der Waals surface area contributed by atoms with Crippen molar-refractivity contribution in [1.29, 1.82) is 0 Å². The van der Waals surface area contributed by atoms with Gasteiger partial charge in [0.15, 0.2) is 11.9 Å². The summed E-state index contributed by atoms with van der Waals surface area (Å²) in [6.45, 7) is 6.38. The van der Waals surface area contributed by atoms with E-state index in [0.717, 1.165) is 12.1 Å². The molecular formula is C11H17NO4. The second-order valence-corrected chi connectivity index (χ2v) is 5.08. The van der Waals surface area contributed by atoms with Gasteiger partial charge in [0, 0.05) is 6.42 Å². The van der Waals surface area contributed by atoms with Crippen molar-refractivity contribution < 1.29 is 19.0 Å². The van der Waals surface area contributed by atoms with Crippen molar-refractivity contribution in [2.45, 2.75) is 57.4 Å². The average Bonchev–Trinajstić information content (AvgIpc) is 2.79. The van der Waals surface area contributed by atoms with E-state index in [1.807, 2.05) is 13.8 Å². The third-order valence-corrected chi connectivity index (χ3v) is 3.20. The molecule has 0 saturated carbocycles. The minimum atomic E-state index is -0.532. The van der Waals surface area contributed by atoms with E-state index < -0.39 is 5.79 Å². The van der Waals surface area contributed by atoms with Gasteiger partial charge in [0.05, 0.1) is 12.7 Å². The van der Waals surface area contributed by atoms with Crippen LogP contribution in [0, 0.1) is 0 Å². The second-order valence-electron chi connectivity index (χ2n) is 5.08. The fourth-order valence-electron chi connectivity index (χ4n) is 2.46. The first kappa shape index (κ1) is 10.5. The van der Waals surface area contributed by atoms with E-state index in [1.54, 1.807) is 0 Å². The first-order valence-electron chi connectivity index (χ1n) is 5.76.